The van der Waals surface area contributed by atoms with Crippen LogP contribution in [0.15, 0.2) is 24.3 Å². The normalized spacial score (nSPS) is 15.7. The summed E-state index contributed by atoms with van der Waals surface area (Å²) < 4.78 is 10.8. The van der Waals surface area contributed by atoms with Crippen LogP contribution in [0.5, 0.6) is 5.75 Å². The van der Waals surface area contributed by atoms with Gasteiger partial charge in [0.2, 0.25) is 5.91 Å². The molecule has 1 aliphatic rings. The fraction of sp³-hybridized carbons (Fsp3) is 0.533. The number of ether oxygens (including phenoxy) is 2. The molecule has 0 aliphatic carbocycles. The van der Waals surface area contributed by atoms with E-state index in [4.69, 9.17) is 9.47 Å². The monoisotopic (exact) mass is 278 g/mol. The lowest BCUT2D eigenvalue weighted by atomic mass is 10.1. The lowest BCUT2D eigenvalue weighted by Gasteiger charge is -2.23. The number of anilines is 1. The van der Waals surface area contributed by atoms with E-state index < -0.39 is 0 Å². The van der Waals surface area contributed by atoms with Crippen LogP contribution in [0.25, 0.3) is 0 Å². The third-order valence-corrected chi connectivity index (χ3v) is 3.21. The Labute approximate surface area is 119 Å². The van der Waals surface area contributed by atoms with Gasteiger partial charge < -0.3 is 20.1 Å². The molecule has 1 saturated heterocycles. The number of hydrogen-bond donors (Lipinski definition) is 2. The Morgan fingerprint density at radius 2 is 2.10 bits per heavy atom. The molecule has 110 valence electrons. The molecule has 1 aromatic carbocycles. The molecule has 20 heavy (non-hydrogen) atoms. The second kappa shape index (κ2) is 7.75. The van der Waals surface area contributed by atoms with Crippen LogP contribution in [-0.2, 0) is 9.53 Å². The Kier molecular flexibility index (Phi) is 5.68. The van der Waals surface area contributed by atoms with Crippen molar-refractivity contribution in [1.82, 2.24) is 5.32 Å². The highest BCUT2D eigenvalue weighted by Gasteiger charge is 2.15. The van der Waals surface area contributed by atoms with E-state index in [1.807, 2.05) is 31.2 Å². The van der Waals surface area contributed by atoms with Gasteiger partial charge in [-0.3, -0.25) is 4.79 Å². The Hall–Kier alpha value is -1.75. The molecule has 0 unspecified atom stereocenters. The fourth-order valence-electron chi connectivity index (χ4n) is 2.19. The van der Waals surface area contributed by atoms with Gasteiger partial charge in [-0.05, 0) is 31.9 Å². The largest absolute Gasteiger partial charge is 0.492 e. The predicted octanol–water partition coefficient (Wildman–Crippen LogP) is 1.79. The van der Waals surface area contributed by atoms with E-state index in [0.717, 1.165) is 37.5 Å². The maximum atomic E-state index is 11.9. The predicted molar refractivity (Wildman–Crippen MR) is 78.1 cm³/mol. The maximum absolute atomic E-state index is 11.9. The van der Waals surface area contributed by atoms with Gasteiger partial charge in [-0.2, -0.15) is 0 Å². The standard InChI is InChI=1S/C15H22N2O3/c1-2-20-14-6-4-3-5-13(14)16-11-15(18)17-12-7-9-19-10-8-12/h3-6,12,16H,2,7-11H2,1H3,(H,17,18). The average Bonchev–Trinajstić information content (AvgIpc) is 2.48. The van der Waals surface area contributed by atoms with Gasteiger partial charge in [0.25, 0.3) is 0 Å². The smallest absolute Gasteiger partial charge is 0.239 e. The number of para-hydroxylation sites is 2. The van der Waals surface area contributed by atoms with Crippen molar-refractivity contribution in [3.63, 3.8) is 0 Å². The average molecular weight is 278 g/mol. The molecule has 1 fully saturated rings. The lowest BCUT2D eigenvalue weighted by Crippen LogP contribution is -2.41. The van der Waals surface area contributed by atoms with E-state index in [1.54, 1.807) is 0 Å². The van der Waals surface area contributed by atoms with Crippen LogP contribution in [0.4, 0.5) is 5.69 Å². The van der Waals surface area contributed by atoms with Crippen molar-refractivity contribution in [2.75, 3.05) is 31.7 Å². The van der Waals surface area contributed by atoms with E-state index in [9.17, 15) is 4.79 Å². The maximum Gasteiger partial charge on any atom is 0.239 e. The molecule has 5 nitrogen and oxygen atoms in total. The van der Waals surface area contributed by atoms with Gasteiger partial charge in [0.05, 0.1) is 18.8 Å². The van der Waals surface area contributed by atoms with Crippen LogP contribution in [0, 0.1) is 0 Å². The summed E-state index contributed by atoms with van der Waals surface area (Å²) in [5, 5.41) is 6.14. The molecule has 0 radical (unpaired) electrons. The summed E-state index contributed by atoms with van der Waals surface area (Å²) in [6.07, 6.45) is 1.78. The summed E-state index contributed by atoms with van der Waals surface area (Å²) in [5.74, 6) is 0.775. The molecule has 2 N–H and O–H groups in total. The van der Waals surface area contributed by atoms with Crippen molar-refractivity contribution < 1.29 is 14.3 Å². The second-order valence-corrected chi connectivity index (χ2v) is 4.74. The van der Waals surface area contributed by atoms with Gasteiger partial charge in [-0.1, -0.05) is 12.1 Å². The van der Waals surface area contributed by atoms with Crippen LogP contribution in [0.3, 0.4) is 0 Å². The minimum absolute atomic E-state index is 0.00296. The van der Waals surface area contributed by atoms with Gasteiger partial charge in [0.1, 0.15) is 5.75 Å². The van der Waals surface area contributed by atoms with Gasteiger partial charge in [0, 0.05) is 19.3 Å². The molecule has 1 aromatic rings. The number of carbonyl (C=O) groups is 1. The molecule has 0 aromatic heterocycles. The zero-order chi connectivity index (χ0) is 14.2. The number of amides is 1. The summed E-state index contributed by atoms with van der Waals surface area (Å²) in [7, 11) is 0. The highest BCUT2D eigenvalue weighted by molar-refractivity contribution is 5.81. The number of hydrogen-bond acceptors (Lipinski definition) is 4. The molecule has 5 heteroatoms. The zero-order valence-electron chi connectivity index (χ0n) is 11.9. The third-order valence-electron chi connectivity index (χ3n) is 3.21. The van der Waals surface area contributed by atoms with Crippen molar-refractivity contribution in [2.45, 2.75) is 25.8 Å². The zero-order valence-corrected chi connectivity index (χ0v) is 11.9. The Bertz CT molecular complexity index is 431. The van der Waals surface area contributed by atoms with Gasteiger partial charge in [-0.25, -0.2) is 0 Å². The van der Waals surface area contributed by atoms with E-state index >= 15 is 0 Å². The summed E-state index contributed by atoms with van der Waals surface area (Å²) in [6, 6.07) is 7.87. The van der Waals surface area contributed by atoms with Crippen molar-refractivity contribution in [3.05, 3.63) is 24.3 Å². The van der Waals surface area contributed by atoms with Crippen LogP contribution in [-0.4, -0.2) is 38.3 Å². The molecule has 0 bridgehead atoms. The molecule has 1 heterocycles. The van der Waals surface area contributed by atoms with Crippen LogP contribution >= 0.6 is 0 Å². The first-order valence-corrected chi connectivity index (χ1v) is 7.12. The molecular weight excluding hydrogens is 256 g/mol. The Balaban J connectivity index is 1.80. The Morgan fingerprint density at radius 1 is 1.35 bits per heavy atom. The summed E-state index contributed by atoms with van der Waals surface area (Å²) in [4.78, 5) is 11.9. The van der Waals surface area contributed by atoms with Gasteiger partial charge in [-0.15, -0.1) is 0 Å². The molecule has 0 saturated carbocycles. The molecule has 0 spiro atoms. The van der Waals surface area contributed by atoms with E-state index in [1.165, 1.54) is 0 Å². The highest BCUT2D eigenvalue weighted by atomic mass is 16.5. The molecular formula is C15H22N2O3. The van der Waals surface area contributed by atoms with Gasteiger partial charge in [0.15, 0.2) is 0 Å². The summed E-state index contributed by atoms with van der Waals surface area (Å²) >= 11 is 0. The molecule has 0 atom stereocenters. The quantitative estimate of drug-likeness (QED) is 0.833. The molecule has 2 rings (SSSR count). The van der Waals surface area contributed by atoms with E-state index in [-0.39, 0.29) is 18.5 Å². The molecule has 1 amide bonds. The minimum Gasteiger partial charge on any atom is -0.492 e. The number of carbonyl (C=O) groups excluding carboxylic acids is 1. The number of nitrogens with one attached hydrogen (secondary N) is 2. The first-order chi connectivity index (χ1) is 9.79. The fourth-order valence-corrected chi connectivity index (χ4v) is 2.19. The Morgan fingerprint density at radius 3 is 2.85 bits per heavy atom. The van der Waals surface area contributed by atoms with Crippen LogP contribution < -0.4 is 15.4 Å². The second-order valence-electron chi connectivity index (χ2n) is 4.74. The van der Waals surface area contributed by atoms with Crippen molar-refractivity contribution in [3.8, 4) is 5.75 Å². The third kappa shape index (κ3) is 4.42. The topological polar surface area (TPSA) is 59.6 Å². The summed E-state index contributed by atoms with van der Waals surface area (Å²) in [6.45, 7) is 4.25. The number of benzene rings is 1. The van der Waals surface area contributed by atoms with Crippen LogP contribution in [0.2, 0.25) is 0 Å². The van der Waals surface area contributed by atoms with Gasteiger partial charge >= 0.3 is 0 Å². The first kappa shape index (κ1) is 14.7. The highest BCUT2D eigenvalue weighted by Crippen LogP contribution is 2.23. The number of rotatable bonds is 6. The summed E-state index contributed by atoms with van der Waals surface area (Å²) in [5.41, 5.74) is 0.844. The van der Waals surface area contributed by atoms with Crippen LogP contribution in [0.1, 0.15) is 19.8 Å². The molecule has 1 aliphatic heterocycles. The first-order valence-electron chi connectivity index (χ1n) is 7.12. The lowest BCUT2D eigenvalue weighted by molar-refractivity contribution is -0.120. The van der Waals surface area contributed by atoms with Crippen molar-refractivity contribution in [1.29, 1.82) is 0 Å². The SMILES string of the molecule is CCOc1ccccc1NCC(=O)NC1CCOCC1. The van der Waals surface area contributed by atoms with E-state index in [0.29, 0.717) is 6.61 Å². The van der Waals surface area contributed by atoms with Crippen molar-refractivity contribution >= 4 is 11.6 Å². The van der Waals surface area contributed by atoms with E-state index in [2.05, 4.69) is 10.6 Å². The van der Waals surface area contributed by atoms with Crippen molar-refractivity contribution in [2.24, 2.45) is 0 Å². The minimum atomic E-state index is 0.00296.